The van der Waals surface area contributed by atoms with E-state index < -0.39 is 5.38 Å². The van der Waals surface area contributed by atoms with E-state index in [0.29, 0.717) is 11.4 Å². The van der Waals surface area contributed by atoms with Crippen molar-refractivity contribution in [2.75, 3.05) is 16.0 Å². The monoisotopic (exact) mass is 478 g/mol. The van der Waals surface area contributed by atoms with Crippen LogP contribution >= 0.6 is 23.4 Å². The van der Waals surface area contributed by atoms with Crippen LogP contribution in [0, 0.1) is 0 Å². The number of anilines is 2. The zero-order chi connectivity index (χ0) is 23.6. The van der Waals surface area contributed by atoms with Crippen LogP contribution in [0.5, 0.6) is 0 Å². The number of alkyl halides is 1. The van der Waals surface area contributed by atoms with Gasteiger partial charge in [-0.3, -0.25) is 14.5 Å². The zero-order valence-corrected chi connectivity index (χ0v) is 20.5. The molecular formula is C27H27ClN2O2S. The molecule has 0 bridgehead atoms. The smallest absolute Gasteiger partial charge is 0.246 e. The third kappa shape index (κ3) is 5.26. The highest BCUT2D eigenvalue weighted by Gasteiger charge is 2.34. The van der Waals surface area contributed by atoms with Crippen molar-refractivity contribution in [1.29, 1.82) is 0 Å². The van der Waals surface area contributed by atoms with Gasteiger partial charge in [0.2, 0.25) is 11.8 Å². The number of hydrogen-bond acceptors (Lipinski definition) is 3. The average molecular weight is 479 g/mol. The fourth-order valence-corrected chi connectivity index (χ4v) is 5.19. The number of carbonyl (C=O) groups excluding carboxylic acids is 2. The van der Waals surface area contributed by atoms with E-state index in [0.717, 1.165) is 16.8 Å². The van der Waals surface area contributed by atoms with Gasteiger partial charge in [-0.2, -0.15) is 0 Å². The summed E-state index contributed by atoms with van der Waals surface area (Å²) in [5.74, 6) is 0.206. The first kappa shape index (κ1) is 23.4. The number of carbonyl (C=O) groups is 2. The molecule has 1 saturated heterocycles. The summed E-state index contributed by atoms with van der Waals surface area (Å²) in [6.45, 7) is 6.51. The summed E-state index contributed by atoms with van der Waals surface area (Å²) < 4.78 is 0. The number of halogens is 1. The molecule has 4 rings (SSSR count). The zero-order valence-electron chi connectivity index (χ0n) is 18.9. The van der Waals surface area contributed by atoms with Crippen LogP contribution in [0.2, 0.25) is 0 Å². The molecule has 170 valence electrons. The predicted octanol–water partition coefficient (Wildman–Crippen LogP) is 6.68. The lowest BCUT2D eigenvalue weighted by molar-refractivity contribution is -0.116. The van der Waals surface area contributed by atoms with Gasteiger partial charge in [-0.05, 0) is 46.4 Å². The molecule has 1 aliphatic rings. The van der Waals surface area contributed by atoms with Crippen molar-refractivity contribution in [1.82, 2.24) is 0 Å². The number of nitrogens with zero attached hydrogens (tertiary/aromatic N) is 1. The molecular weight excluding hydrogens is 452 g/mol. The normalized spacial score (nSPS) is 17.2. The van der Waals surface area contributed by atoms with E-state index in [1.807, 2.05) is 71.6 Å². The highest BCUT2D eigenvalue weighted by atomic mass is 35.5. The summed E-state index contributed by atoms with van der Waals surface area (Å²) in [6.07, 6.45) is 0. The SMILES string of the molecule is CC(C)(C)c1ccc(N2C(=O)CSC2c2cccc(NC(=O)C(Cl)c3ccccc3)c2)cc1. The molecule has 0 aromatic heterocycles. The van der Waals surface area contributed by atoms with Crippen LogP contribution < -0.4 is 10.2 Å². The molecule has 3 aromatic carbocycles. The summed E-state index contributed by atoms with van der Waals surface area (Å²) in [4.78, 5) is 27.3. The van der Waals surface area contributed by atoms with Crippen molar-refractivity contribution >= 4 is 46.6 Å². The largest absolute Gasteiger partial charge is 0.324 e. The molecule has 0 radical (unpaired) electrons. The van der Waals surface area contributed by atoms with E-state index in [4.69, 9.17) is 11.6 Å². The van der Waals surface area contributed by atoms with E-state index in [9.17, 15) is 9.59 Å². The van der Waals surface area contributed by atoms with E-state index in [-0.39, 0.29) is 22.6 Å². The lowest BCUT2D eigenvalue weighted by Crippen LogP contribution is -2.28. The lowest BCUT2D eigenvalue weighted by atomic mass is 9.87. The first-order valence-electron chi connectivity index (χ1n) is 10.9. The van der Waals surface area contributed by atoms with Gasteiger partial charge < -0.3 is 5.32 Å². The minimum absolute atomic E-state index is 0.0499. The molecule has 0 aliphatic carbocycles. The Balaban J connectivity index is 1.54. The Morgan fingerprint density at radius 1 is 1.03 bits per heavy atom. The van der Waals surface area contributed by atoms with Gasteiger partial charge in [-0.25, -0.2) is 0 Å². The minimum Gasteiger partial charge on any atom is -0.324 e. The maximum absolute atomic E-state index is 12.8. The van der Waals surface area contributed by atoms with Crippen LogP contribution in [0.15, 0.2) is 78.9 Å². The Morgan fingerprint density at radius 3 is 2.39 bits per heavy atom. The van der Waals surface area contributed by atoms with Crippen molar-refractivity contribution in [3.8, 4) is 0 Å². The second kappa shape index (κ2) is 9.62. The average Bonchev–Trinajstić information content (AvgIpc) is 3.20. The second-order valence-corrected chi connectivity index (χ2v) is 10.6. The first-order valence-corrected chi connectivity index (χ1v) is 12.4. The van der Waals surface area contributed by atoms with Gasteiger partial charge >= 0.3 is 0 Å². The molecule has 1 N–H and O–H groups in total. The standard InChI is InChI=1S/C27H27ClN2O2S/c1-27(2,3)20-12-14-22(15-13-20)30-23(31)17-33-26(30)19-10-7-11-21(16-19)29-25(32)24(28)18-8-5-4-6-9-18/h4-16,24,26H,17H2,1-3H3,(H,29,32). The lowest BCUT2D eigenvalue weighted by Gasteiger charge is -2.26. The van der Waals surface area contributed by atoms with E-state index in [2.05, 4.69) is 38.2 Å². The van der Waals surface area contributed by atoms with Gasteiger partial charge in [0.05, 0.1) is 5.75 Å². The number of nitrogens with one attached hydrogen (secondary N) is 1. The molecule has 4 nitrogen and oxygen atoms in total. The van der Waals surface area contributed by atoms with Crippen molar-refractivity contribution < 1.29 is 9.59 Å². The van der Waals surface area contributed by atoms with Crippen LogP contribution in [0.1, 0.15) is 48.2 Å². The Morgan fingerprint density at radius 2 is 1.73 bits per heavy atom. The van der Waals surface area contributed by atoms with Gasteiger partial charge in [-0.15, -0.1) is 23.4 Å². The number of amides is 2. The van der Waals surface area contributed by atoms with Crippen LogP contribution in [-0.2, 0) is 15.0 Å². The molecule has 1 heterocycles. The molecule has 2 unspecified atom stereocenters. The van der Waals surface area contributed by atoms with Gasteiger partial charge in [-0.1, -0.05) is 75.4 Å². The summed E-state index contributed by atoms with van der Waals surface area (Å²) in [5.41, 5.74) is 4.50. The number of benzene rings is 3. The quantitative estimate of drug-likeness (QED) is 0.416. The minimum atomic E-state index is -0.782. The molecule has 1 aliphatic heterocycles. The van der Waals surface area contributed by atoms with Crippen LogP contribution in [-0.4, -0.2) is 17.6 Å². The molecule has 1 fully saturated rings. The summed E-state index contributed by atoms with van der Waals surface area (Å²) >= 11 is 7.96. The summed E-state index contributed by atoms with van der Waals surface area (Å²) in [6, 6.07) is 25.1. The molecule has 3 aromatic rings. The van der Waals surface area contributed by atoms with Crippen LogP contribution in [0.25, 0.3) is 0 Å². The number of thioether (sulfide) groups is 1. The van der Waals surface area contributed by atoms with Gasteiger partial charge in [0, 0.05) is 11.4 Å². The second-order valence-electron chi connectivity index (χ2n) is 9.11. The molecule has 33 heavy (non-hydrogen) atoms. The number of hydrogen-bond donors (Lipinski definition) is 1. The topological polar surface area (TPSA) is 49.4 Å². The van der Waals surface area contributed by atoms with Gasteiger partial charge in [0.1, 0.15) is 10.8 Å². The third-order valence-corrected chi connectivity index (χ3v) is 7.30. The Labute approximate surface area is 204 Å². The Bertz CT molecular complexity index is 1140. The van der Waals surface area contributed by atoms with E-state index >= 15 is 0 Å². The van der Waals surface area contributed by atoms with Gasteiger partial charge in [0.15, 0.2) is 0 Å². The van der Waals surface area contributed by atoms with Crippen molar-refractivity contribution in [2.24, 2.45) is 0 Å². The van der Waals surface area contributed by atoms with Crippen molar-refractivity contribution in [3.05, 3.63) is 95.6 Å². The fraction of sp³-hybridized carbons (Fsp3) is 0.259. The molecule has 2 atom stereocenters. The molecule has 6 heteroatoms. The Kier molecular flexibility index (Phi) is 6.82. The third-order valence-electron chi connectivity index (χ3n) is 5.64. The van der Waals surface area contributed by atoms with E-state index in [1.54, 1.807) is 11.8 Å². The molecule has 0 spiro atoms. The maximum atomic E-state index is 12.8. The summed E-state index contributed by atoms with van der Waals surface area (Å²) in [5, 5.41) is 1.97. The van der Waals surface area contributed by atoms with E-state index in [1.165, 1.54) is 5.56 Å². The van der Waals surface area contributed by atoms with Crippen LogP contribution in [0.4, 0.5) is 11.4 Å². The summed E-state index contributed by atoms with van der Waals surface area (Å²) in [7, 11) is 0. The fourth-order valence-electron chi connectivity index (χ4n) is 3.82. The predicted molar refractivity (Wildman–Crippen MR) is 138 cm³/mol. The van der Waals surface area contributed by atoms with Crippen molar-refractivity contribution in [2.45, 2.75) is 36.9 Å². The maximum Gasteiger partial charge on any atom is 0.246 e. The van der Waals surface area contributed by atoms with Crippen molar-refractivity contribution in [3.63, 3.8) is 0 Å². The molecule has 2 amide bonds. The Hall–Kier alpha value is -2.76. The van der Waals surface area contributed by atoms with Gasteiger partial charge in [0.25, 0.3) is 0 Å². The number of rotatable bonds is 5. The highest BCUT2D eigenvalue weighted by Crippen LogP contribution is 2.42. The highest BCUT2D eigenvalue weighted by molar-refractivity contribution is 8.00. The molecule has 0 saturated carbocycles. The van der Waals surface area contributed by atoms with Crippen LogP contribution in [0.3, 0.4) is 0 Å². The first-order chi connectivity index (χ1) is 15.7.